The Bertz CT molecular complexity index is 399. The summed E-state index contributed by atoms with van der Waals surface area (Å²) in [4.78, 5) is 7.94. The van der Waals surface area contributed by atoms with E-state index in [9.17, 15) is 0 Å². The molecular formula is C9H10N4O. The molecule has 5 heteroatoms. The van der Waals surface area contributed by atoms with E-state index in [4.69, 9.17) is 10.2 Å². The fourth-order valence-corrected chi connectivity index (χ4v) is 1.07. The molecular weight excluding hydrogens is 180 g/mol. The number of hydrogen-bond donors (Lipinski definition) is 2. The third kappa shape index (κ3) is 1.82. The highest BCUT2D eigenvalue weighted by atomic mass is 16.3. The minimum Gasteiger partial charge on any atom is -0.467 e. The molecule has 0 unspecified atom stereocenters. The first-order valence-electron chi connectivity index (χ1n) is 4.19. The molecule has 14 heavy (non-hydrogen) atoms. The third-order valence-electron chi connectivity index (χ3n) is 1.74. The maximum atomic E-state index is 5.59. The topological polar surface area (TPSA) is 77.0 Å². The van der Waals surface area contributed by atoms with Crippen molar-refractivity contribution in [2.45, 2.75) is 6.54 Å². The Labute approximate surface area is 81.0 Å². The van der Waals surface area contributed by atoms with E-state index in [0.717, 1.165) is 5.76 Å². The lowest BCUT2D eigenvalue weighted by atomic mass is 10.4. The van der Waals surface area contributed by atoms with Gasteiger partial charge < -0.3 is 15.5 Å². The second-order valence-electron chi connectivity index (χ2n) is 2.72. The Hall–Kier alpha value is -2.04. The van der Waals surface area contributed by atoms with Crippen LogP contribution < -0.4 is 11.1 Å². The normalized spacial score (nSPS) is 10.0. The number of furan rings is 1. The number of nitrogens with one attached hydrogen (secondary N) is 1. The van der Waals surface area contributed by atoms with Crippen molar-refractivity contribution < 1.29 is 4.42 Å². The van der Waals surface area contributed by atoms with Gasteiger partial charge in [-0.15, -0.1) is 0 Å². The fraction of sp³-hybridized carbons (Fsp3) is 0.111. The molecule has 2 aromatic rings. The summed E-state index contributed by atoms with van der Waals surface area (Å²) < 4.78 is 5.14. The van der Waals surface area contributed by atoms with Gasteiger partial charge in [-0.1, -0.05) is 0 Å². The summed E-state index contributed by atoms with van der Waals surface area (Å²) >= 11 is 0. The van der Waals surface area contributed by atoms with Gasteiger partial charge in [0.15, 0.2) is 11.6 Å². The molecule has 0 aliphatic carbocycles. The number of aromatic nitrogens is 2. The van der Waals surface area contributed by atoms with E-state index in [-0.39, 0.29) is 0 Å². The summed E-state index contributed by atoms with van der Waals surface area (Å²) in [6.07, 6.45) is 4.76. The highest BCUT2D eigenvalue weighted by molar-refractivity contribution is 5.54. The van der Waals surface area contributed by atoms with Crippen LogP contribution in [0.1, 0.15) is 5.76 Å². The zero-order valence-corrected chi connectivity index (χ0v) is 7.47. The Balaban J connectivity index is 2.02. The number of anilines is 2. The number of nitrogens with two attached hydrogens (primary N) is 1. The van der Waals surface area contributed by atoms with Crippen molar-refractivity contribution in [2.75, 3.05) is 11.1 Å². The maximum Gasteiger partial charge on any atom is 0.169 e. The summed E-state index contributed by atoms with van der Waals surface area (Å²) in [5.41, 5.74) is 5.59. The molecule has 2 rings (SSSR count). The molecule has 0 aliphatic heterocycles. The number of nitrogens with zero attached hydrogens (tertiary/aromatic N) is 2. The summed E-state index contributed by atoms with van der Waals surface area (Å²) in [5.74, 6) is 1.79. The van der Waals surface area contributed by atoms with Crippen LogP contribution in [-0.2, 0) is 6.54 Å². The quantitative estimate of drug-likeness (QED) is 0.762. The highest BCUT2D eigenvalue weighted by Crippen LogP contribution is 2.11. The SMILES string of the molecule is Nc1nccnc1NCc1ccco1. The monoisotopic (exact) mass is 190 g/mol. The number of rotatable bonds is 3. The molecule has 0 spiro atoms. The molecule has 0 bridgehead atoms. The molecule has 0 fully saturated rings. The lowest BCUT2D eigenvalue weighted by molar-refractivity contribution is 0.518. The van der Waals surface area contributed by atoms with Crippen molar-refractivity contribution in [1.29, 1.82) is 0 Å². The Morgan fingerprint density at radius 2 is 2.21 bits per heavy atom. The van der Waals surface area contributed by atoms with Gasteiger partial charge in [-0.25, -0.2) is 9.97 Å². The van der Waals surface area contributed by atoms with Crippen LogP contribution in [0.5, 0.6) is 0 Å². The van der Waals surface area contributed by atoms with Crippen molar-refractivity contribution in [2.24, 2.45) is 0 Å². The molecule has 0 saturated heterocycles. The van der Waals surface area contributed by atoms with Gasteiger partial charge in [0.2, 0.25) is 0 Å². The highest BCUT2D eigenvalue weighted by Gasteiger charge is 2.00. The van der Waals surface area contributed by atoms with Gasteiger partial charge in [-0.3, -0.25) is 0 Å². The predicted octanol–water partition coefficient (Wildman–Crippen LogP) is 1.26. The largest absolute Gasteiger partial charge is 0.467 e. The van der Waals surface area contributed by atoms with Gasteiger partial charge >= 0.3 is 0 Å². The van der Waals surface area contributed by atoms with E-state index in [1.54, 1.807) is 18.7 Å². The van der Waals surface area contributed by atoms with Crippen LogP contribution in [0.25, 0.3) is 0 Å². The van der Waals surface area contributed by atoms with Crippen molar-refractivity contribution in [3.8, 4) is 0 Å². The van der Waals surface area contributed by atoms with Crippen LogP contribution in [0.4, 0.5) is 11.6 Å². The van der Waals surface area contributed by atoms with Crippen LogP contribution in [0, 0.1) is 0 Å². The zero-order valence-electron chi connectivity index (χ0n) is 7.47. The Morgan fingerprint density at radius 3 is 2.93 bits per heavy atom. The molecule has 5 nitrogen and oxygen atoms in total. The van der Waals surface area contributed by atoms with Gasteiger partial charge in [-0.05, 0) is 12.1 Å². The third-order valence-corrected chi connectivity index (χ3v) is 1.74. The van der Waals surface area contributed by atoms with Crippen LogP contribution in [0.3, 0.4) is 0 Å². The zero-order chi connectivity index (χ0) is 9.80. The molecule has 72 valence electrons. The van der Waals surface area contributed by atoms with E-state index < -0.39 is 0 Å². The van der Waals surface area contributed by atoms with Crippen LogP contribution in [-0.4, -0.2) is 9.97 Å². The molecule has 0 atom stereocenters. The fourth-order valence-electron chi connectivity index (χ4n) is 1.07. The first-order chi connectivity index (χ1) is 6.86. The summed E-state index contributed by atoms with van der Waals surface area (Å²) in [6.45, 7) is 0.551. The van der Waals surface area contributed by atoms with E-state index in [0.29, 0.717) is 18.2 Å². The number of nitrogen functional groups attached to an aromatic ring is 1. The van der Waals surface area contributed by atoms with E-state index >= 15 is 0 Å². The summed E-state index contributed by atoms with van der Waals surface area (Å²) in [5, 5.41) is 3.02. The summed E-state index contributed by atoms with van der Waals surface area (Å²) in [6, 6.07) is 3.70. The molecule has 2 heterocycles. The lowest BCUT2D eigenvalue weighted by Gasteiger charge is -2.04. The summed E-state index contributed by atoms with van der Waals surface area (Å²) in [7, 11) is 0. The van der Waals surface area contributed by atoms with Gasteiger partial charge in [0.05, 0.1) is 12.8 Å². The second-order valence-corrected chi connectivity index (χ2v) is 2.72. The first kappa shape index (κ1) is 8.55. The molecule has 0 saturated carbocycles. The van der Waals surface area contributed by atoms with Crippen LogP contribution in [0.15, 0.2) is 35.2 Å². The van der Waals surface area contributed by atoms with E-state index in [1.807, 2.05) is 12.1 Å². The van der Waals surface area contributed by atoms with Crippen molar-refractivity contribution in [3.63, 3.8) is 0 Å². The molecule has 0 amide bonds. The smallest absolute Gasteiger partial charge is 0.169 e. The molecule has 0 aromatic carbocycles. The molecule has 3 N–H and O–H groups in total. The standard InChI is InChI=1S/C9H10N4O/c10-8-9(12-4-3-11-8)13-6-7-2-1-5-14-7/h1-5H,6H2,(H2,10,11)(H,12,13). The lowest BCUT2D eigenvalue weighted by Crippen LogP contribution is -2.04. The molecule has 0 aliphatic rings. The second kappa shape index (κ2) is 3.78. The van der Waals surface area contributed by atoms with Crippen molar-refractivity contribution >= 4 is 11.6 Å². The van der Waals surface area contributed by atoms with Crippen LogP contribution in [0.2, 0.25) is 0 Å². The minimum atomic E-state index is 0.388. The van der Waals surface area contributed by atoms with Gasteiger partial charge in [0, 0.05) is 12.4 Å². The van der Waals surface area contributed by atoms with Gasteiger partial charge in [0.1, 0.15) is 5.76 Å². The van der Waals surface area contributed by atoms with E-state index in [2.05, 4.69) is 15.3 Å². The molecule has 2 aromatic heterocycles. The number of hydrogen-bond acceptors (Lipinski definition) is 5. The Kier molecular flexibility index (Phi) is 2.31. The van der Waals surface area contributed by atoms with E-state index in [1.165, 1.54) is 0 Å². The predicted molar refractivity (Wildman–Crippen MR) is 52.5 cm³/mol. The van der Waals surface area contributed by atoms with Crippen molar-refractivity contribution in [1.82, 2.24) is 9.97 Å². The van der Waals surface area contributed by atoms with Crippen LogP contribution >= 0.6 is 0 Å². The molecule has 0 radical (unpaired) electrons. The average Bonchev–Trinajstić information content (AvgIpc) is 2.69. The maximum absolute atomic E-state index is 5.59. The van der Waals surface area contributed by atoms with Gasteiger partial charge in [0.25, 0.3) is 0 Å². The average molecular weight is 190 g/mol. The Morgan fingerprint density at radius 1 is 1.36 bits per heavy atom. The van der Waals surface area contributed by atoms with Gasteiger partial charge in [-0.2, -0.15) is 0 Å². The first-order valence-corrected chi connectivity index (χ1v) is 4.19. The van der Waals surface area contributed by atoms with Crippen molar-refractivity contribution in [3.05, 3.63) is 36.5 Å². The minimum absolute atomic E-state index is 0.388.